The molecular formula is C27H30F3N3O4. The second-order valence-electron chi connectivity index (χ2n) is 9.57. The maximum atomic E-state index is 13.7. The molecule has 37 heavy (non-hydrogen) atoms. The van der Waals surface area contributed by atoms with Gasteiger partial charge in [-0.1, -0.05) is 26.0 Å². The fraction of sp³-hybridized carbons (Fsp3) is 0.370. The first-order valence-corrected chi connectivity index (χ1v) is 11.8. The maximum Gasteiger partial charge on any atom is 0.416 e. The predicted octanol–water partition coefficient (Wildman–Crippen LogP) is 5.89. The molecule has 1 aliphatic rings. The summed E-state index contributed by atoms with van der Waals surface area (Å²) < 4.78 is 46.4. The lowest BCUT2D eigenvalue weighted by Gasteiger charge is -2.24. The number of pyridine rings is 1. The third-order valence-electron chi connectivity index (χ3n) is 5.78. The molecule has 0 bridgehead atoms. The number of benzene rings is 1. The second-order valence-corrected chi connectivity index (χ2v) is 9.57. The Balaban J connectivity index is 1.75. The van der Waals surface area contributed by atoms with Crippen LogP contribution >= 0.6 is 0 Å². The normalized spacial score (nSPS) is 14.1. The predicted molar refractivity (Wildman–Crippen MR) is 135 cm³/mol. The van der Waals surface area contributed by atoms with Crippen molar-refractivity contribution < 1.29 is 32.6 Å². The van der Waals surface area contributed by atoms with Crippen LogP contribution in [0.25, 0.3) is 5.57 Å². The number of ketones is 1. The van der Waals surface area contributed by atoms with Crippen LogP contribution in [0.1, 0.15) is 49.4 Å². The van der Waals surface area contributed by atoms with Crippen molar-refractivity contribution in [3.05, 3.63) is 70.6 Å². The van der Waals surface area contributed by atoms with Crippen LogP contribution in [0.3, 0.4) is 0 Å². The fourth-order valence-electron chi connectivity index (χ4n) is 3.84. The number of hydrogen-bond acceptors (Lipinski definition) is 5. The van der Waals surface area contributed by atoms with Crippen molar-refractivity contribution >= 4 is 28.9 Å². The van der Waals surface area contributed by atoms with Crippen LogP contribution < -0.4 is 10.6 Å². The van der Waals surface area contributed by atoms with Crippen molar-refractivity contribution in [2.24, 2.45) is 5.41 Å². The molecule has 1 aromatic carbocycles. The number of carbonyl (C=O) groups is 2. The Morgan fingerprint density at radius 3 is 2.54 bits per heavy atom. The molecule has 1 heterocycles. The van der Waals surface area contributed by atoms with E-state index in [4.69, 9.17) is 4.74 Å². The maximum absolute atomic E-state index is 13.7. The van der Waals surface area contributed by atoms with E-state index in [1.807, 2.05) is 0 Å². The van der Waals surface area contributed by atoms with E-state index < -0.39 is 23.2 Å². The van der Waals surface area contributed by atoms with Crippen LogP contribution in [0.4, 0.5) is 29.5 Å². The van der Waals surface area contributed by atoms with Gasteiger partial charge in [0, 0.05) is 30.5 Å². The number of hydrogen-bond donors (Lipinski definition) is 3. The summed E-state index contributed by atoms with van der Waals surface area (Å²) in [6.45, 7) is 6.97. The van der Waals surface area contributed by atoms with Crippen molar-refractivity contribution in [2.45, 2.75) is 46.7 Å². The quantitative estimate of drug-likeness (QED) is 0.405. The van der Waals surface area contributed by atoms with E-state index in [1.165, 1.54) is 18.3 Å². The number of nitrogens with one attached hydrogen (secondary N) is 2. The molecule has 0 unspecified atom stereocenters. The Bertz CT molecular complexity index is 1250. The Morgan fingerprint density at radius 1 is 1.19 bits per heavy atom. The van der Waals surface area contributed by atoms with E-state index in [1.54, 1.807) is 45.9 Å². The molecule has 0 aliphatic heterocycles. The van der Waals surface area contributed by atoms with E-state index in [-0.39, 0.29) is 48.1 Å². The highest BCUT2D eigenvalue weighted by atomic mass is 19.4. The summed E-state index contributed by atoms with van der Waals surface area (Å²) in [7, 11) is 0. The van der Waals surface area contributed by atoms with Gasteiger partial charge in [0.1, 0.15) is 5.82 Å². The van der Waals surface area contributed by atoms with Crippen LogP contribution in [-0.4, -0.2) is 35.1 Å². The van der Waals surface area contributed by atoms with Crippen LogP contribution in [0.2, 0.25) is 0 Å². The summed E-state index contributed by atoms with van der Waals surface area (Å²) in [5, 5.41) is 14.4. The average molecular weight is 518 g/mol. The first-order chi connectivity index (χ1) is 17.3. The van der Waals surface area contributed by atoms with Crippen LogP contribution in [0.5, 0.6) is 0 Å². The SMILES string of the molecule is CCOC1=CC(c2cnc(NC(=O)Nc3ccc(CC(C)(C)CO)c(C(F)(F)F)c3)c(C)c2)=CCC1=O. The summed E-state index contributed by atoms with van der Waals surface area (Å²) in [4.78, 5) is 28.8. The molecule has 0 radical (unpaired) electrons. The Kier molecular flexibility index (Phi) is 8.42. The largest absolute Gasteiger partial charge is 0.490 e. The lowest BCUT2D eigenvalue weighted by atomic mass is 9.85. The summed E-state index contributed by atoms with van der Waals surface area (Å²) in [6.07, 6.45) is 0.548. The van der Waals surface area contributed by atoms with Gasteiger partial charge in [0.15, 0.2) is 5.76 Å². The molecule has 10 heteroatoms. The number of rotatable bonds is 8. The molecule has 3 N–H and O–H groups in total. The van der Waals surface area contributed by atoms with Gasteiger partial charge >= 0.3 is 12.2 Å². The first kappa shape index (κ1) is 27.9. The molecule has 7 nitrogen and oxygen atoms in total. The zero-order valence-corrected chi connectivity index (χ0v) is 21.1. The molecule has 2 amide bonds. The molecule has 0 saturated carbocycles. The van der Waals surface area contributed by atoms with E-state index in [9.17, 15) is 27.9 Å². The smallest absolute Gasteiger partial charge is 0.416 e. The number of urea groups is 1. The number of halogens is 3. The van der Waals surface area contributed by atoms with Gasteiger partial charge in [-0.25, -0.2) is 9.78 Å². The zero-order chi connectivity index (χ0) is 27.4. The molecular weight excluding hydrogens is 487 g/mol. The van der Waals surface area contributed by atoms with Gasteiger partial charge < -0.3 is 15.2 Å². The number of carbonyl (C=O) groups excluding carboxylic acids is 2. The molecule has 1 aromatic heterocycles. The Morgan fingerprint density at radius 2 is 1.92 bits per heavy atom. The van der Waals surface area contributed by atoms with E-state index in [2.05, 4.69) is 15.6 Å². The number of aliphatic hydroxyl groups excluding tert-OH is 1. The highest BCUT2D eigenvalue weighted by Gasteiger charge is 2.35. The molecule has 0 saturated heterocycles. The third-order valence-corrected chi connectivity index (χ3v) is 5.78. The van der Waals surface area contributed by atoms with E-state index in [0.29, 0.717) is 12.2 Å². The van der Waals surface area contributed by atoms with E-state index in [0.717, 1.165) is 17.2 Å². The summed E-state index contributed by atoms with van der Waals surface area (Å²) in [6, 6.07) is 4.61. The molecule has 2 aromatic rings. The van der Waals surface area contributed by atoms with Crippen LogP contribution in [0, 0.1) is 12.3 Å². The number of Topliss-reactive ketones (excluding diaryl/α,β-unsaturated/α-hetero) is 1. The third kappa shape index (κ3) is 7.19. The van der Waals surface area contributed by atoms with Crippen molar-refractivity contribution in [1.29, 1.82) is 0 Å². The number of aliphatic hydroxyl groups is 1. The summed E-state index contributed by atoms with van der Waals surface area (Å²) >= 11 is 0. The molecule has 0 spiro atoms. The number of aryl methyl sites for hydroxylation is 1. The number of ether oxygens (including phenoxy) is 1. The standard InChI is InChI=1S/C27H30F3N3O4/c1-5-37-23-11-17(7-9-22(23)35)19-10-16(2)24(31-14-19)33-25(36)32-20-8-6-18(13-26(3,4)15-34)21(12-20)27(28,29)30/h6-8,10-12,14,34H,5,9,13,15H2,1-4H3,(H2,31,32,33,36). The van der Waals surface area contributed by atoms with Gasteiger partial charge in [-0.2, -0.15) is 13.2 Å². The van der Waals surface area contributed by atoms with Crippen LogP contribution in [-0.2, 0) is 22.1 Å². The summed E-state index contributed by atoms with van der Waals surface area (Å²) in [5.41, 5.74) is 0.508. The van der Waals surface area contributed by atoms with Crippen molar-refractivity contribution in [3.8, 4) is 0 Å². The topological polar surface area (TPSA) is 101 Å². The van der Waals surface area contributed by atoms with Gasteiger partial charge in [0.25, 0.3) is 0 Å². The monoisotopic (exact) mass is 517 g/mol. The number of allylic oxidation sites excluding steroid dienone is 4. The van der Waals surface area contributed by atoms with Gasteiger partial charge in [0.05, 0.1) is 12.2 Å². The second kappa shape index (κ2) is 11.2. The zero-order valence-electron chi connectivity index (χ0n) is 21.1. The minimum absolute atomic E-state index is 0.0200. The van der Waals surface area contributed by atoms with Crippen molar-refractivity contribution in [1.82, 2.24) is 4.98 Å². The number of alkyl halides is 3. The fourth-order valence-corrected chi connectivity index (χ4v) is 3.84. The average Bonchev–Trinajstić information content (AvgIpc) is 2.82. The lowest BCUT2D eigenvalue weighted by molar-refractivity contribution is -0.138. The number of aromatic nitrogens is 1. The van der Waals surface area contributed by atoms with Crippen molar-refractivity contribution in [2.75, 3.05) is 23.8 Å². The number of anilines is 2. The molecule has 3 rings (SSSR count). The highest BCUT2D eigenvalue weighted by Crippen LogP contribution is 2.36. The molecule has 0 fully saturated rings. The molecule has 0 atom stereocenters. The molecule has 198 valence electrons. The minimum Gasteiger partial charge on any atom is -0.490 e. The van der Waals surface area contributed by atoms with Crippen molar-refractivity contribution in [3.63, 3.8) is 0 Å². The van der Waals surface area contributed by atoms with Gasteiger partial charge in [-0.05, 0) is 66.7 Å². The van der Waals surface area contributed by atoms with Gasteiger partial charge in [0.2, 0.25) is 5.78 Å². The lowest BCUT2D eigenvalue weighted by Crippen LogP contribution is -2.23. The van der Waals surface area contributed by atoms with Crippen LogP contribution in [0.15, 0.2) is 48.4 Å². The van der Waals surface area contributed by atoms with E-state index >= 15 is 0 Å². The number of amides is 2. The minimum atomic E-state index is -4.63. The number of nitrogens with zero attached hydrogens (tertiary/aromatic N) is 1. The highest BCUT2D eigenvalue weighted by molar-refractivity contribution is 6.01. The van der Waals surface area contributed by atoms with Gasteiger partial charge in [-0.3, -0.25) is 10.1 Å². The Labute approximate surface area is 213 Å². The Hall–Kier alpha value is -3.66. The van der Waals surface area contributed by atoms with Gasteiger partial charge in [-0.15, -0.1) is 0 Å². The first-order valence-electron chi connectivity index (χ1n) is 11.8. The summed E-state index contributed by atoms with van der Waals surface area (Å²) in [5.74, 6) is 0.410. The molecule has 1 aliphatic carbocycles.